The van der Waals surface area contributed by atoms with Crippen molar-refractivity contribution in [1.82, 2.24) is 0 Å². The van der Waals surface area contributed by atoms with Gasteiger partial charge in [0.25, 0.3) is 0 Å². The van der Waals surface area contributed by atoms with Gasteiger partial charge in [0, 0.05) is 5.92 Å². The topological polar surface area (TPSA) is 26.3 Å². The number of carbonyl (C=O) groups is 1. The van der Waals surface area contributed by atoms with E-state index in [4.69, 9.17) is 4.74 Å². The third-order valence-electron chi connectivity index (χ3n) is 6.00. The molecule has 0 amide bonds. The minimum Gasteiger partial charge on any atom is -0.455 e. The summed E-state index contributed by atoms with van der Waals surface area (Å²) < 4.78 is 42.8. The largest absolute Gasteiger partial charge is 0.490 e. The molecule has 1 aromatic rings. The van der Waals surface area contributed by atoms with Crippen LogP contribution in [0.3, 0.4) is 0 Å². The minimum atomic E-state index is -4.91. The summed E-state index contributed by atoms with van der Waals surface area (Å²) in [7, 11) is 0. The van der Waals surface area contributed by atoms with Gasteiger partial charge in [-0.2, -0.15) is 13.2 Å². The highest BCUT2D eigenvalue weighted by atomic mass is 19.4. The average Bonchev–Trinajstić information content (AvgIpc) is 2.50. The van der Waals surface area contributed by atoms with Gasteiger partial charge in [-0.1, -0.05) is 30.3 Å². The summed E-state index contributed by atoms with van der Waals surface area (Å²) in [4.78, 5) is 11.4. The maximum absolute atomic E-state index is 12.6. The number of halogens is 3. The molecule has 0 spiro atoms. The summed E-state index contributed by atoms with van der Waals surface area (Å²) in [5, 5.41) is 0. The molecule has 0 heterocycles. The number of hydrogen-bond donors (Lipinski definition) is 0. The summed E-state index contributed by atoms with van der Waals surface area (Å²) >= 11 is 0. The first-order valence-corrected chi connectivity index (χ1v) is 8.26. The van der Waals surface area contributed by atoms with E-state index in [0.29, 0.717) is 11.8 Å². The van der Waals surface area contributed by atoms with E-state index < -0.39 is 18.2 Å². The predicted octanol–water partition coefficient (Wildman–Crippen LogP) is 4.31. The first-order chi connectivity index (χ1) is 10.9. The molecule has 23 heavy (non-hydrogen) atoms. The Morgan fingerprint density at radius 2 is 1.70 bits per heavy atom. The fraction of sp³-hybridized carbons (Fsp3) is 0.611. The molecule has 0 aliphatic heterocycles. The number of rotatable bonds is 2. The van der Waals surface area contributed by atoms with E-state index in [2.05, 4.69) is 12.1 Å². The molecule has 6 atom stereocenters. The smallest absolute Gasteiger partial charge is 0.455 e. The van der Waals surface area contributed by atoms with Crippen LogP contribution in [0.4, 0.5) is 13.2 Å². The van der Waals surface area contributed by atoms with Crippen molar-refractivity contribution in [3.8, 4) is 0 Å². The maximum atomic E-state index is 12.6. The third-order valence-corrected chi connectivity index (χ3v) is 6.00. The minimum absolute atomic E-state index is 0.0277. The molecule has 0 saturated heterocycles. The van der Waals surface area contributed by atoms with Gasteiger partial charge in [0.15, 0.2) is 0 Å². The Bertz CT molecular complexity index is 598. The first-order valence-electron chi connectivity index (χ1n) is 8.26. The summed E-state index contributed by atoms with van der Waals surface area (Å²) in [5.74, 6) is -0.578. The number of hydrogen-bond acceptors (Lipinski definition) is 2. The van der Waals surface area contributed by atoms with Crippen LogP contribution in [0.5, 0.6) is 0 Å². The third kappa shape index (κ3) is 2.54. The van der Waals surface area contributed by atoms with Gasteiger partial charge < -0.3 is 4.74 Å². The van der Waals surface area contributed by atoms with Crippen molar-refractivity contribution in [2.24, 2.45) is 23.7 Å². The number of benzene rings is 1. The lowest BCUT2D eigenvalue weighted by Crippen LogP contribution is -2.54. The molecule has 0 radical (unpaired) electrons. The molecule has 4 aliphatic rings. The zero-order valence-corrected chi connectivity index (χ0v) is 12.6. The van der Waals surface area contributed by atoms with E-state index in [9.17, 15) is 18.0 Å². The Morgan fingerprint density at radius 1 is 1.00 bits per heavy atom. The van der Waals surface area contributed by atoms with Gasteiger partial charge in [-0.25, -0.2) is 4.79 Å². The van der Waals surface area contributed by atoms with Crippen molar-refractivity contribution in [3.63, 3.8) is 0 Å². The highest BCUT2D eigenvalue weighted by Gasteiger charge is 2.56. The summed E-state index contributed by atoms with van der Waals surface area (Å²) in [5.41, 5.74) is 1.18. The zero-order valence-electron chi connectivity index (χ0n) is 12.6. The van der Waals surface area contributed by atoms with Crippen LogP contribution in [0.15, 0.2) is 30.3 Å². The van der Waals surface area contributed by atoms with Gasteiger partial charge in [0.2, 0.25) is 0 Å². The average molecular weight is 324 g/mol. The molecule has 124 valence electrons. The van der Waals surface area contributed by atoms with Crippen molar-refractivity contribution in [3.05, 3.63) is 35.9 Å². The van der Waals surface area contributed by atoms with Crippen molar-refractivity contribution in [2.45, 2.75) is 43.9 Å². The van der Waals surface area contributed by atoms with Crippen LogP contribution in [-0.4, -0.2) is 18.2 Å². The molecule has 0 N–H and O–H groups in total. The summed E-state index contributed by atoms with van der Waals surface area (Å²) in [6.45, 7) is 0. The van der Waals surface area contributed by atoms with E-state index in [0.717, 1.165) is 25.7 Å². The molecule has 6 unspecified atom stereocenters. The van der Waals surface area contributed by atoms with Crippen molar-refractivity contribution in [1.29, 1.82) is 0 Å². The van der Waals surface area contributed by atoms with Gasteiger partial charge in [-0.15, -0.1) is 0 Å². The number of carbonyl (C=O) groups excluding carboxylic acids is 1. The van der Waals surface area contributed by atoms with Gasteiger partial charge >= 0.3 is 12.1 Å². The molecule has 5 heteroatoms. The van der Waals surface area contributed by atoms with Crippen LogP contribution in [0.25, 0.3) is 0 Å². The standard InChI is InChI=1S/C18H19F3O2/c19-18(20,21)17(22)23-16-13-7-10-6-12(9-13)15(14(16)8-10)11-4-2-1-3-5-11/h1-5,10,12-16H,6-9H2. The van der Waals surface area contributed by atoms with E-state index in [1.807, 2.05) is 18.2 Å². The van der Waals surface area contributed by atoms with E-state index in [1.165, 1.54) is 5.56 Å². The monoisotopic (exact) mass is 324 g/mol. The van der Waals surface area contributed by atoms with E-state index >= 15 is 0 Å². The number of alkyl halides is 3. The molecule has 4 aliphatic carbocycles. The van der Waals surface area contributed by atoms with Crippen LogP contribution in [0.2, 0.25) is 0 Å². The Kier molecular flexibility index (Phi) is 3.43. The fourth-order valence-electron chi connectivity index (χ4n) is 5.43. The van der Waals surface area contributed by atoms with Crippen molar-refractivity contribution < 1.29 is 22.7 Å². The Hall–Kier alpha value is -1.52. The predicted molar refractivity (Wildman–Crippen MR) is 77.5 cm³/mol. The molecule has 2 nitrogen and oxygen atoms in total. The second-order valence-electron chi connectivity index (χ2n) is 7.30. The number of ether oxygens (including phenoxy) is 1. The van der Waals surface area contributed by atoms with Crippen LogP contribution in [-0.2, 0) is 9.53 Å². The Labute approximate surface area is 133 Å². The Morgan fingerprint density at radius 3 is 2.39 bits per heavy atom. The van der Waals surface area contributed by atoms with Crippen molar-refractivity contribution in [2.75, 3.05) is 0 Å². The van der Waals surface area contributed by atoms with Crippen molar-refractivity contribution >= 4 is 5.97 Å². The normalized spacial score (nSPS) is 38.6. The summed E-state index contributed by atoms with van der Waals surface area (Å²) in [6.07, 6.45) is -1.67. The van der Waals surface area contributed by atoms with E-state index in [1.54, 1.807) is 0 Å². The van der Waals surface area contributed by atoms with E-state index in [-0.39, 0.29) is 17.8 Å². The van der Waals surface area contributed by atoms with Crippen LogP contribution >= 0.6 is 0 Å². The molecule has 4 bridgehead atoms. The van der Waals surface area contributed by atoms with Gasteiger partial charge in [-0.3, -0.25) is 0 Å². The SMILES string of the molecule is O=C(OC1C2CC3CC(C2)C(c2ccccc2)C1C3)C(F)(F)F. The Balaban J connectivity index is 1.62. The highest BCUT2D eigenvalue weighted by molar-refractivity contribution is 5.75. The quantitative estimate of drug-likeness (QED) is 0.758. The summed E-state index contributed by atoms with van der Waals surface area (Å²) in [6, 6.07) is 9.99. The number of esters is 1. The van der Waals surface area contributed by atoms with Crippen LogP contribution in [0.1, 0.15) is 37.2 Å². The lowest BCUT2D eigenvalue weighted by Gasteiger charge is -2.57. The maximum Gasteiger partial charge on any atom is 0.490 e. The molecular formula is C18H19F3O2. The van der Waals surface area contributed by atoms with Gasteiger partial charge in [0.1, 0.15) is 6.10 Å². The molecule has 4 fully saturated rings. The second kappa shape index (κ2) is 5.25. The van der Waals surface area contributed by atoms with Gasteiger partial charge in [0.05, 0.1) is 0 Å². The molecular weight excluding hydrogens is 305 g/mol. The first kappa shape index (κ1) is 15.0. The molecule has 5 rings (SSSR count). The molecule has 4 saturated carbocycles. The lowest BCUT2D eigenvalue weighted by atomic mass is 9.49. The fourth-order valence-corrected chi connectivity index (χ4v) is 5.43. The lowest BCUT2D eigenvalue weighted by molar-refractivity contribution is -0.220. The highest BCUT2D eigenvalue weighted by Crippen LogP contribution is 2.60. The van der Waals surface area contributed by atoms with Gasteiger partial charge in [-0.05, 0) is 54.9 Å². The van der Waals surface area contributed by atoms with Crippen LogP contribution in [0, 0.1) is 23.7 Å². The second-order valence-corrected chi connectivity index (χ2v) is 7.30. The molecule has 1 aromatic carbocycles. The molecule has 0 aromatic heterocycles. The zero-order chi connectivity index (χ0) is 16.2. The van der Waals surface area contributed by atoms with Crippen LogP contribution < -0.4 is 0 Å².